The van der Waals surface area contributed by atoms with Crippen LogP contribution in [0.5, 0.6) is 11.5 Å². The molecule has 30 heavy (non-hydrogen) atoms. The lowest BCUT2D eigenvalue weighted by molar-refractivity contribution is -0.394. The Bertz CT molecular complexity index is 1240. The average Bonchev–Trinajstić information content (AvgIpc) is 2.68. The van der Waals surface area contributed by atoms with Crippen molar-refractivity contribution in [2.24, 2.45) is 0 Å². The van der Waals surface area contributed by atoms with E-state index in [9.17, 15) is 25.5 Å². The Morgan fingerprint density at radius 2 is 1.73 bits per heavy atom. The maximum Gasteiger partial charge on any atom is 0.318 e. The van der Waals surface area contributed by atoms with E-state index in [0.717, 1.165) is 18.2 Å². The van der Waals surface area contributed by atoms with Crippen molar-refractivity contribution in [3.05, 3.63) is 66.7 Å². The zero-order chi connectivity index (χ0) is 22.0. The number of halogens is 1. The minimum absolute atomic E-state index is 0.0587. The fourth-order valence-corrected chi connectivity index (χ4v) is 2.91. The van der Waals surface area contributed by atoms with Crippen molar-refractivity contribution in [3.63, 3.8) is 0 Å². The zero-order valence-electron chi connectivity index (χ0n) is 14.8. The molecule has 2 aromatic carbocycles. The molecule has 0 aliphatic rings. The predicted octanol–water partition coefficient (Wildman–Crippen LogP) is 3.55. The summed E-state index contributed by atoms with van der Waals surface area (Å²) in [4.78, 5) is 28.5. The highest BCUT2D eigenvalue weighted by Gasteiger charge is 2.24. The highest BCUT2D eigenvalue weighted by Crippen LogP contribution is 2.40. The Morgan fingerprint density at radius 1 is 1.03 bits per heavy atom. The molecule has 3 aromatic rings. The number of nitrogens with two attached hydrogens (primary N) is 2. The van der Waals surface area contributed by atoms with Crippen molar-refractivity contribution in [2.75, 3.05) is 11.5 Å². The smallest absolute Gasteiger partial charge is 0.318 e. The number of benzene rings is 2. The van der Waals surface area contributed by atoms with Gasteiger partial charge in [-0.2, -0.15) is 10.2 Å². The summed E-state index contributed by atoms with van der Waals surface area (Å²) >= 11 is 3.30. The van der Waals surface area contributed by atoms with Gasteiger partial charge in [0.15, 0.2) is 0 Å². The number of nitrogen functional groups attached to an aromatic ring is 2. The lowest BCUT2D eigenvalue weighted by Crippen LogP contribution is -2.05. The SMILES string of the molecule is N#Cc1c(N)nc(N)nc1-c1cc(Br)ccc1Oc1ccc([N+](=O)[O-])cc1[N+](=O)[O-]. The number of nitro benzene ring substituents is 2. The Hall–Kier alpha value is -4.31. The van der Waals surface area contributed by atoms with Crippen molar-refractivity contribution in [3.8, 4) is 28.8 Å². The zero-order valence-corrected chi connectivity index (χ0v) is 16.4. The molecular weight excluding hydrogens is 462 g/mol. The summed E-state index contributed by atoms with van der Waals surface area (Å²) < 4.78 is 6.27. The fourth-order valence-electron chi connectivity index (χ4n) is 2.54. The molecule has 0 atom stereocenters. The van der Waals surface area contributed by atoms with Gasteiger partial charge in [-0.3, -0.25) is 20.2 Å². The van der Waals surface area contributed by atoms with Crippen LogP contribution in [0.3, 0.4) is 0 Å². The molecule has 1 heterocycles. The van der Waals surface area contributed by atoms with E-state index in [1.807, 2.05) is 6.07 Å². The van der Waals surface area contributed by atoms with E-state index in [2.05, 4.69) is 25.9 Å². The number of rotatable bonds is 5. The summed E-state index contributed by atoms with van der Waals surface area (Å²) in [7, 11) is 0. The Morgan fingerprint density at radius 3 is 2.37 bits per heavy atom. The van der Waals surface area contributed by atoms with Gasteiger partial charge in [0.1, 0.15) is 23.2 Å². The van der Waals surface area contributed by atoms with Gasteiger partial charge in [0.25, 0.3) is 5.69 Å². The van der Waals surface area contributed by atoms with E-state index < -0.39 is 21.2 Å². The first kappa shape index (κ1) is 20.4. The van der Waals surface area contributed by atoms with Crippen molar-refractivity contribution < 1.29 is 14.6 Å². The van der Waals surface area contributed by atoms with E-state index in [1.165, 1.54) is 6.07 Å². The number of non-ortho nitro benzene ring substituents is 1. The van der Waals surface area contributed by atoms with E-state index in [4.69, 9.17) is 16.2 Å². The summed E-state index contributed by atoms with van der Waals surface area (Å²) in [6.45, 7) is 0. The maximum absolute atomic E-state index is 11.4. The number of aromatic nitrogens is 2. The number of nitro groups is 2. The highest BCUT2D eigenvalue weighted by molar-refractivity contribution is 9.10. The minimum atomic E-state index is -0.803. The molecule has 0 aliphatic heterocycles. The van der Waals surface area contributed by atoms with Crippen LogP contribution in [-0.2, 0) is 0 Å². The largest absolute Gasteiger partial charge is 0.449 e. The van der Waals surface area contributed by atoms with E-state index >= 15 is 0 Å². The molecule has 0 bridgehead atoms. The summed E-state index contributed by atoms with van der Waals surface area (Å²) in [5.41, 5.74) is 10.6. The number of hydrogen-bond donors (Lipinski definition) is 2. The minimum Gasteiger partial charge on any atom is -0.449 e. The molecular formula is C17H10BrN7O5. The second-order valence-corrected chi connectivity index (χ2v) is 6.63. The quantitative estimate of drug-likeness (QED) is 0.409. The lowest BCUT2D eigenvalue weighted by Gasteiger charge is -2.13. The first-order valence-corrected chi connectivity index (χ1v) is 8.74. The standard InChI is InChI=1S/C17H10BrN7O5/c18-8-1-3-13(10(5-8)15-11(7-19)16(20)23-17(21)22-15)30-14-4-2-9(24(26)27)6-12(14)25(28)29/h1-6H,(H4,20,21,22,23). The van der Waals surface area contributed by atoms with Crippen LogP contribution in [0.15, 0.2) is 40.9 Å². The summed E-state index contributed by atoms with van der Waals surface area (Å²) in [5.74, 6) is -0.507. The summed E-state index contributed by atoms with van der Waals surface area (Å²) in [6, 6.07) is 9.47. The van der Waals surface area contributed by atoms with Gasteiger partial charge in [-0.15, -0.1) is 0 Å². The molecule has 3 rings (SSSR count). The van der Waals surface area contributed by atoms with Gasteiger partial charge in [0.2, 0.25) is 11.7 Å². The molecule has 12 nitrogen and oxygen atoms in total. The van der Waals surface area contributed by atoms with Crippen molar-refractivity contribution in [2.45, 2.75) is 0 Å². The first-order chi connectivity index (χ1) is 14.2. The topological polar surface area (TPSA) is 197 Å². The third kappa shape index (κ3) is 3.93. The van der Waals surface area contributed by atoms with E-state index in [0.29, 0.717) is 4.47 Å². The first-order valence-electron chi connectivity index (χ1n) is 7.95. The summed E-state index contributed by atoms with van der Waals surface area (Å²) in [5, 5.41) is 31.8. The van der Waals surface area contributed by atoms with Crippen LogP contribution in [-0.4, -0.2) is 19.8 Å². The Balaban J connectivity index is 2.19. The number of hydrogen-bond acceptors (Lipinski definition) is 10. The average molecular weight is 472 g/mol. The Kier molecular flexibility index (Phi) is 5.43. The molecule has 13 heteroatoms. The second kappa shape index (κ2) is 7.97. The predicted molar refractivity (Wildman–Crippen MR) is 109 cm³/mol. The number of nitrogens with zero attached hydrogens (tertiary/aromatic N) is 5. The monoisotopic (exact) mass is 471 g/mol. The summed E-state index contributed by atoms with van der Waals surface area (Å²) in [6.07, 6.45) is 0. The van der Waals surface area contributed by atoms with Crippen LogP contribution in [0.4, 0.5) is 23.1 Å². The van der Waals surface area contributed by atoms with Crippen molar-refractivity contribution >= 4 is 39.1 Å². The van der Waals surface area contributed by atoms with Gasteiger partial charge in [0.05, 0.1) is 21.6 Å². The molecule has 0 aliphatic carbocycles. The van der Waals surface area contributed by atoms with Gasteiger partial charge in [-0.1, -0.05) is 15.9 Å². The van der Waals surface area contributed by atoms with Crippen LogP contribution in [0, 0.1) is 31.6 Å². The molecule has 0 saturated carbocycles. The van der Waals surface area contributed by atoms with Gasteiger partial charge in [-0.05, 0) is 24.3 Å². The lowest BCUT2D eigenvalue weighted by atomic mass is 10.1. The molecule has 4 N–H and O–H groups in total. The van der Waals surface area contributed by atoms with Gasteiger partial charge >= 0.3 is 5.69 Å². The molecule has 0 amide bonds. The van der Waals surface area contributed by atoms with Gasteiger partial charge < -0.3 is 16.2 Å². The molecule has 0 spiro atoms. The van der Waals surface area contributed by atoms with E-state index in [-0.39, 0.29) is 40.1 Å². The van der Waals surface area contributed by atoms with Crippen LogP contribution in [0.25, 0.3) is 11.3 Å². The van der Waals surface area contributed by atoms with Crippen LogP contribution < -0.4 is 16.2 Å². The molecule has 0 fully saturated rings. The van der Waals surface area contributed by atoms with Crippen molar-refractivity contribution in [1.82, 2.24) is 9.97 Å². The number of anilines is 2. The van der Waals surface area contributed by atoms with Gasteiger partial charge in [-0.25, -0.2) is 4.98 Å². The van der Waals surface area contributed by atoms with Crippen LogP contribution in [0.2, 0.25) is 0 Å². The molecule has 0 radical (unpaired) electrons. The Labute approximate surface area is 176 Å². The number of nitriles is 1. The van der Waals surface area contributed by atoms with Gasteiger partial charge in [0, 0.05) is 16.1 Å². The fraction of sp³-hybridized carbons (Fsp3) is 0. The van der Waals surface area contributed by atoms with Crippen molar-refractivity contribution in [1.29, 1.82) is 5.26 Å². The molecule has 0 unspecified atom stereocenters. The third-order valence-electron chi connectivity index (χ3n) is 3.83. The van der Waals surface area contributed by atoms with Crippen LogP contribution in [0.1, 0.15) is 5.56 Å². The van der Waals surface area contributed by atoms with E-state index in [1.54, 1.807) is 12.1 Å². The molecule has 0 saturated heterocycles. The molecule has 150 valence electrons. The molecule has 1 aromatic heterocycles. The second-order valence-electron chi connectivity index (χ2n) is 5.71. The maximum atomic E-state index is 11.4. The third-order valence-corrected chi connectivity index (χ3v) is 4.33. The normalized spacial score (nSPS) is 10.3. The van der Waals surface area contributed by atoms with Crippen LogP contribution >= 0.6 is 15.9 Å². The number of ether oxygens (including phenoxy) is 1. The highest BCUT2D eigenvalue weighted by atomic mass is 79.9.